The minimum Gasteiger partial charge on any atom is -0.392 e. The topological polar surface area (TPSA) is 32.3 Å². The van der Waals surface area contributed by atoms with Crippen LogP contribution in [0.5, 0.6) is 0 Å². The van der Waals surface area contributed by atoms with Gasteiger partial charge in [-0.15, -0.1) is 0 Å². The van der Waals surface area contributed by atoms with Gasteiger partial charge >= 0.3 is 0 Å². The Kier molecular flexibility index (Phi) is 2.62. The predicted molar refractivity (Wildman–Crippen MR) is 52.4 cm³/mol. The zero-order valence-electron chi connectivity index (χ0n) is 7.71. The maximum atomic E-state index is 9.16. The van der Waals surface area contributed by atoms with Gasteiger partial charge < -0.3 is 10.4 Å². The van der Waals surface area contributed by atoms with Gasteiger partial charge in [0.05, 0.1) is 6.61 Å². The molecule has 0 radical (unpaired) electrons. The lowest BCUT2D eigenvalue weighted by Gasteiger charge is -2.09. The number of fused-ring (bicyclic) bond motifs is 1. The van der Waals surface area contributed by atoms with Crippen LogP contribution in [0.25, 0.3) is 0 Å². The number of aryl methyl sites for hydroxylation is 1. The molecular weight excluding hydrogens is 162 g/mol. The number of benzene rings is 1. The quantitative estimate of drug-likeness (QED) is 0.676. The molecule has 0 spiro atoms. The summed E-state index contributed by atoms with van der Waals surface area (Å²) >= 11 is 0. The molecule has 70 valence electrons. The smallest absolute Gasteiger partial charge is 0.0685 e. The van der Waals surface area contributed by atoms with Gasteiger partial charge in [0, 0.05) is 6.54 Å². The van der Waals surface area contributed by atoms with Gasteiger partial charge in [0.15, 0.2) is 0 Å². The van der Waals surface area contributed by atoms with Crippen LogP contribution in [0, 0.1) is 0 Å². The molecule has 1 aromatic carbocycles. The lowest BCUT2D eigenvalue weighted by molar-refractivity contribution is 0.280. The molecule has 13 heavy (non-hydrogen) atoms. The fourth-order valence-corrected chi connectivity index (χ4v) is 1.91. The van der Waals surface area contributed by atoms with E-state index in [1.54, 1.807) is 0 Å². The van der Waals surface area contributed by atoms with Crippen molar-refractivity contribution in [1.82, 2.24) is 5.32 Å². The third kappa shape index (κ3) is 1.74. The highest BCUT2D eigenvalue weighted by molar-refractivity contribution is 5.35. The lowest BCUT2D eigenvalue weighted by Crippen LogP contribution is -2.13. The SMILES string of the molecule is OCc1cccc2c1CNCCC2. The Morgan fingerprint density at radius 1 is 1.38 bits per heavy atom. The first-order valence-corrected chi connectivity index (χ1v) is 4.83. The standard InChI is InChI=1S/C11H15NO/c13-8-10-4-1-3-9-5-2-6-12-7-11(9)10/h1,3-4,12-13H,2,5-8H2. The molecule has 2 heteroatoms. The van der Waals surface area contributed by atoms with Crippen molar-refractivity contribution in [3.05, 3.63) is 34.9 Å². The Hall–Kier alpha value is -0.860. The van der Waals surface area contributed by atoms with Crippen molar-refractivity contribution in [2.45, 2.75) is 26.0 Å². The Balaban J connectivity index is 2.40. The third-order valence-corrected chi connectivity index (χ3v) is 2.64. The van der Waals surface area contributed by atoms with Gasteiger partial charge in [0.1, 0.15) is 0 Å². The van der Waals surface area contributed by atoms with E-state index in [1.165, 1.54) is 17.5 Å². The fourth-order valence-electron chi connectivity index (χ4n) is 1.91. The Labute approximate surface area is 78.6 Å². The van der Waals surface area contributed by atoms with Gasteiger partial charge in [-0.2, -0.15) is 0 Å². The summed E-state index contributed by atoms with van der Waals surface area (Å²) in [6.07, 6.45) is 2.33. The molecule has 0 fully saturated rings. The van der Waals surface area contributed by atoms with E-state index in [-0.39, 0.29) is 6.61 Å². The number of aliphatic hydroxyl groups excluding tert-OH is 1. The molecule has 0 saturated heterocycles. The summed E-state index contributed by atoms with van der Waals surface area (Å²) in [5.41, 5.74) is 3.78. The summed E-state index contributed by atoms with van der Waals surface area (Å²) < 4.78 is 0. The average Bonchev–Trinajstić information content (AvgIpc) is 2.41. The maximum absolute atomic E-state index is 9.16. The van der Waals surface area contributed by atoms with Crippen molar-refractivity contribution < 1.29 is 5.11 Å². The second-order valence-corrected chi connectivity index (χ2v) is 3.49. The van der Waals surface area contributed by atoms with Crippen LogP contribution < -0.4 is 5.32 Å². The lowest BCUT2D eigenvalue weighted by atomic mass is 9.99. The minimum absolute atomic E-state index is 0.158. The van der Waals surface area contributed by atoms with Crippen molar-refractivity contribution in [2.75, 3.05) is 6.54 Å². The number of nitrogens with one attached hydrogen (secondary N) is 1. The second kappa shape index (κ2) is 3.90. The first-order chi connectivity index (χ1) is 6.42. The normalized spacial score (nSPS) is 16.4. The summed E-state index contributed by atoms with van der Waals surface area (Å²) in [5, 5.41) is 12.5. The van der Waals surface area contributed by atoms with Crippen molar-refractivity contribution in [3.63, 3.8) is 0 Å². The zero-order valence-corrected chi connectivity index (χ0v) is 7.71. The molecular formula is C11H15NO. The molecule has 0 bridgehead atoms. The average molecular weight is 177 g/mol. The summed E-state index contributed by atoms with van der Waals surface area (Å²) in [5.74, 6) is 0. The minimum atomic E-state index is 0.158. The first kappa shape index (κ1) is 8.73. The van der Waals surface area contributed by atoms with E-state index in [0.717, 1.165) is 25.1 Å². The fraction of sp³-hybridized carbons (Fsp3) is 0.455. The van der Waals surface area contributed by atoms with Crippen molar-refractivity contribution in [1.29, 1.82) is 0 Å². The van der Waals surface area contributed by atoms with Gasteiger partial charge in [0.25, 0.3) is 0 Å². The van der Waals surface area contributed by atoms with Crippen molar-refractivity contribution in [2.24, 2.45) is 0 Å². The van der Waals surface area contributed by atoms with Crippen molar-refractivity contribution in [3.8, 4) is 0 Å². The molecule has 0 unspecified atom stereocenters. The van der Waals surface area contributed by atoms with Crippen LogP contribution in [-0.2, 0) is 19.6 Å². The molecule has 0 amide bonds. The Morgan fingerprint density at radius 2 is 2.31 bits per heavy atom. The molecule has 2 nitrogen and oxygen atoms in total. The highest BCUT2D eigenvalue weighted by Gasteiger charge is 2.09. The van der Waals surface area contributed by atoms with E-state index in [2.05, 4.69) is 11.4 Å². The zero-order chi connectivity index (χ0) is 9.10. The molecule has 2 N–H and O–H groups in total. The second-order valence-electron chi connectivity index (χ2n) is 3.49. The summed E-state index contributed by atoms with van der Waals surface area (Å²) in [6, 6.07) is 6.21. The third-order valence-electron chi connectivity index (χ3n) is 2.64. The molecule has 1 aliphatic rings. The van der Waals surface area contributed by atoms with Crippen LogP contribution in [0.1, 0.15) is 23.1 Å². The largest absolute Gasteiger partial charge is 0.392 e. The maximum Gasteiger partial charge on any atom is 0.0685 e. The van der Waals surface area contributed by atoms with Gasteiger partial charge in [-0.25, -0.2) is 0 Å². The molecule has 1 aliphatic heterocycles. The number of rotatable bonds is 1. The van der Waals surface area contributed by atoms with E-state index < -0.39 is 0 Å². The van der Waals surface area contributed by atoms with E-state index in [1.807, 2.05) is 12.1 Å². The molecule has 0 aromatic heterocycles. The number of hydrogen-bond donors (Lipinski definition) is 2. The molecule has 1 aromatic rings. The summed E-state index contributed by atoms with van der Waals surface area (Å²) in [6.45, 7) is 2.15. The van der Waals surface area contributed by atoms with E-state index in [9.17, 15) is 0 Å². The van der Waals surface area contributed by atoms with Gasteiger partial charge in [-0.05, 0) is 36.1 Å². The van der Waals surface area contributed by atoms with Gasteiger partial charge in [0.2, 0.25) is 0 Å². The van der Waals surface area contributed by atoms with E-state index in [0.29, 0.717) is 0 Å². The van der Waals surface area contributed by atoms with E-state index >= 15 is 0 Å². The van der Waals surface area contributed by atoms with Crippen LogP contribution in [0.15, 0.2) is 18.2 Å². The summed E-state index contributed by atoms with van der Waals surface area (Å²) in [4.78, 5) is 0. The van der Waals surface area contributed by atoms with Crippen molar-refractivity contribution >= 4 is 0 Å². The summed E-state index contributed by atoms with van der Waals surface area (Å²) in [7, 11) is 0. The molecule has 0 atom stereocenters. The monoisotopic (exact) mass is 177 g/mol. The van der Waals surface area contributed by atoms with Crippen LogP contribution in [0.4, 0.5) is 0 Å². The van der Waals surface area contributed by atoms with Gasteiger partial charge in [-0.1, -0.05) is 18.2 Å². The van der Waals surface area contributed by atoms with Gasteiger partial charge in [-0.3, -0.25) is 0 Å². The highest BCUT2D eigenvalue weighted by Crippen LogP contribution is 2.18. The van der Waals surface area contributed by atoms with E-state index in [4.69, 9.17) is 5.11 Å². The molecule has 2 rings (SSSR count). The molecule has 0 saturated carbocycles. The van der Waals surface area contributed by atoms with Crippen LogP contribution in [-0.4, -0.2) is 11.7 Å². The molecule has 0 aliphatic carbocycles. The number of aliphatic hydroxyl groups is 1. The predicted octanol–water partition coefficient (Wildman–Crippen LogP) is 1.21. The molecule has 1 heterocycles. The first-order valence-electron chi connectivity index (χ1n) is 4.83. The van der Waals surface area contributed by atoms with Crippen LogP contribution in [0.2, 0.25) is 0 Å². The van der Waals surface area contributed by atoms with Crippen LogP contribution >= 0.6 is 0 Å². The Morgan fingerprint density at radius 3 is 3.15 bits per heavy atom. The van der Waals surface area contributed by atoms with Crippen LogP contribution in [0.3, 0.4) is 0 Å². The number of hydrogen-bond acceptors (Lipinski definition) is 2. The highest BCUT2D eigenvalue weighted by atomic mass is 16.3. The Bertz CT molecular complexity index is 296.